The first-order valence-electron chi connectivity index (χ1n) is 8.93. The van der Waals surface area contributed by atoms with E-state index in [1.165, 1.54) is 19.3 Å². The molecule has 0 saturated carbocycles. The molecule has 0 aromatic carbocycles. The average Bonchev–Trinajstić information content (AvgIpc) is 3.00. The van der Waals surface area contributed by atoms with Gasteiger partial charge in [0, 0.05) is 26.1 Å². The third-order valence-corrected chi connectivity index (χ3v) is 5.27. The molecule has 2 aliphatic rings. The highest BCUT2D eigenvalue weighted by Crippen LogP contribution is 2.22. The second-order valence-corrected chi connectivity index (χ2v) is 6.71. The van der Waals surface area contributed by atoms with E-state index in [-0.39, 0.29) is 0 Å². The molecule has 2 fully saturated rings. The molecular formula is C17H33N3O. The molecule has 4 heteroatoms. The molecule has 1 atom stereocenters. The Bertz CT molecular complexity index is 311. The first-order chi connectivity index (χ1) is 10.2. The van der Waals surface area contributed by atoms with E-state index < -0.39 is 0 Å². The summed E-state index contributed by atoms with van der Waals surface area (Å²) in [7, 11) is 0. The Morgan fingerprint density at radius 1 is 1.14 bits per heavy atom. The fraction of sp³-hybridized carbons (Fsp3) is 0.941. The molecule has 0 aliphatic carbocycles. The fourth-order valence-electron chi connectivity index (χ4n) is 3.71. The van der Waals surface area contributed by atoms with Crippen LogP contribution in [0.3, 0.4) is 0 Å². The minimum Gasteiger partial charge on any atom is -0.342 e. The summed E-state index contributed by atoms with van der Waals surface area (Å²) in [6.45, 7) is 12.1. The van der Waals surface area contributed by atoms with Gasteiger partial charge >= 0.3 is 0 Å². The second kappa shape index (κ2) is 8.74. The van der Waals surface area contributed by atoms with Gasteiger partial charge < -0.3 is 15.1 Å². The summed E-state index contributed by atoms with van der Waals surface area (Å²) in [6, 6.07) is 0. The van der Waals surface area contributed by atoms with E-state index >= 15 is 0 Å². The van der Waals surface area contributed by atoms with Gasteiger partial charge in [0.05, 0.1) is 0 Å². The Labute approximate surface area is 130 Å². The van der Waals surface area contributed by atoms with Crippen molar-refractivity contribution in [2.24, 2.45) is 11.8 Å². The first kappa shape index (κ1) is 16.8. The summed E-state index contributed by atoms with van der Waals surface area (Å²) in [5, 5.41) is 3.39. The van der Waals surface area contributed by atoms with Gasteiger partial charge in [-0.15, -0.1) is 0 Å². The van der Waals surface area contributed by atoms with Crippen LogP contribution >= 0.6 is 0 Å². The molecular weight excluding hydrogens is 262 g/mol. The Hall–Kier alpha value is -0.610. The van der Waals surface area contributed by atoms with Crippen molar-refractivity contribution < 1.29 is 4.79 Å². The zero-order chi connectivity index (χ0) is 15.1. The molecule has 2 rings (SSSR count). The summed E-state index contributed by atoms with van der Waals surface area (Å²) in [5.41, 5.74) is 0. The lowest BCUT2D eigenvalue weighted by Gasteiger charge is -2.24. The van der Waals surface area contributed by atoms with Crippen LogP contribution in [0.1, 0.15) is 46.0 Å². The number of carbonyl (C=O) groups excluding carboxylic acids is 1. The number of piperidine rings is 1. The first-order valence-corrected chi connectivity index (χ1v) is 8.93. The van der Waals surface area contributed by atoms with Crippen LogP contribution < -0.4 is 5.32 Å². The molecule has 0 aromatic rings. The standard InChI is InChI=1S/C17H33N3O/c1-3-19(4-2)13-16-9-12-20(14-16)17(21)6-5-15-7-10-18-11-8-15/h15-16,18H,3-14H2,1-2H3. The summed E-state index contributed by atoms with van der Waals surface area (Å²) < 4.78 is 0. The number of likely N-dealkylation sites (tertiary alicyclic amines) is 1. The van der Waals surface area contributed by atoms with E-state index in [0.29, 0.717) is 11.8 Å². The van der Waals surface area contributed by atoms with Crippen molar-refractivity contribution in [1.82, 2.24) is 15.1 Å². The van der Waals surface area contributed by atoms with Gasteiger partial charge in [0.2, 0.25) is 5.91 Å². The van der Waals surface area contributed by atoms with Crippen molar-refractivity contribution in [3.05, 3.63) is 0 Å². The molecule has 1 amide bonds. The third kappa shape index (κ3) is 5.26. The zero-order valence-corrected chi connectivity index (χ0v) is 13.9. The topological polar surface area (TPSA) is 35.6 Å². The molecule has 0 aromatic heterocycles. The number of carbonyl (C=O) groups is 1. The summed E-state index contributed by atoms with van der Waals surface area (Å²) in [6.07, 6.45) is 5.55. The predicted octanol–water partition coefficient (Wildman–Crippen LogP) is 1.96. The number of hydrogen-bond donors (Lipinski definition) is 1. The van der Waals surface area contributed by atoms with Gasteiger partial charge in [-0.05, 0) is 63.7 Å². The van der Waals surface area contributed by atoms with Crippen molar-refractivity contribution in [1.29, 1.82) is 0 Å². The van der Waals surface area contributed by atoms with Crippen molar-refractivity contribution in [2.75, 3.05) is 45.8 Å². The van der Waals surface area contributed by atoms with Crippen molar-refractivity contribution in [2.45, 2.75) is 46.0 Å². The van der Waals surface area contributed by atoms with E-state index in [1.54, 1.807) is 0 Å². The van der Waals surface area contributed by atoms with Crippen molar-refractivity contribution in [3.63, 3.8) is 0 Å². The van der Waals surface area contributed by atoms with Crippen LogP contribution in [0, 0.1) is 11.8 Å². The molecule has 2 heterocycles. The predicted molar refractivity (Wildman–Crippen MR) is 87.3 cm³/mol. The van der Waals surface area contributed by atoms with E-state index in [2.05, 4.69) is 29.0 Å². The van der Waals surface area contributed by atoms with Crippen LogP contribution in [0.15, 0.2) is 0 Å². The van der Waals surface area contributed by atoms with E-state index in [4.69, 9.17) is 0 Å². The lowest BCUT2D eigenvalue weighted by Crippen LogP contribution is -2.33. The molecule has 0 spiro atoms. The SMILES string of the molecule is CCN(CC)CC1CCN(C(=O)CCC2CCNCC2)C1. The van der Waals surface area contributed by atoms with E-state index in [9.17, 15) is 4.79 Å². The number of hydrogen-bond acceptors (Lipinski definition) is 3. The molecule has 0 bridgehead atoms. The zero-order valence-electron chi connectivity index (χ0n) is 13.9. The fourth-order valence-corrected chi connectivity index (χ4v) is 3.71. The second-order valence-electron chi connectivity index (χ2n) is 6.71. The van der Waals surface area contributed by atoms with E-state index in [1.807, 2.05) is 0 Å². The van der Waals surface area contributed by atoms with Gasteiger partial charge in [0.25, 0.3) is 0 Å². The maximum absolute atomic E-state index is 12.4. The van der Waals surface area contributed by atoms with Gasteiger partial charge in [-0.2, -0.15) is 0 Å². The summed E-state index contributed by atoms with van der Waals surface area (Å²) in [5.74, 6) is 1.85. The monoisotopic (exact) mass is 295 g/mol. The number of rotatable bonds is 7. The Kier molecular flexibility index (Phi) is 6.97. The van der Waals surface area contributed by atoms with Crippen LogP contribution in [-0.4, -0.2) is 61.5 Å². The largest absolute Gasteiger partial charge is 0.342 e. The van der Waals surface area contributed by atoms with Crippen molar-refractivity contribution in [3.8, 4) is 0 Å². The van der Waals surface area contributed by atoms with Gasteiger partial charge in [0.1, 0.15) is 0 Å². The quantitative estimate of drug-likeness (QED) is 0.780. The average molecular weight is 295 g/mol. The molecule has 4 nitrogen and oxygen atoms in total. The number of nitrogens with zero attached hydrogens (tertiary/aromatic N) is 2. The smallest absolute Gasteiger partial charge is 0.222 e. The van der Waals surface area contributed by atoms with E-state index in [0.717, 1.165) is 64.6 Å². The highest BCUT2D eigenvalue weighted by molar-refractivity contribution is 5.76. The molecule has 0 radical (unpaired) electrons. The van der Waals surface area contributed by atoms with Crippen LogP contribution in [0.4, 0.5) is 0 Å². The highest BCUT2D eigenvalue weighted by Gasteiger charge is 2.27. The maximum atomic E-state index is 12.4. The van der Waals surface area contributed by atoms with Crippen molar-refractivity contribution >= 4 is 5.91 Å². The van der Waals surface area contributed by atoms with Gasteiger partial charge in [-0.1, -0.05) is 13.8 Å². The van der Waals surface area contributed by atoms with Crippen LogP contribution in [0.5, 0.6) is 0 Å². The molecule has 2 aliphatic heterocycles. The summed E-state index contributed by atoms with van der Waals surface area (Å²) >= 11 is 0. The van der Waals surface area contributed by atoms with Crippen LogP contribution in [0.2, 0.25) is 0 Å². The minimum absolute atomic E-state index is 0.399. The Morgan fingerprint density at radius 3 is 2.52 bits per heavy atom. The molecule has 2 saturated heterocycles. The third-order valence-electron chi connectivity index (χ3n) is 5.27. The van der Waals surface area contributed by atoms with Gasteiger partial charge in [-0.25, -0.2) is 0 Å². The maximum Gasteiger partial charge on any atom is 0.222 e. The summed E-state index contributed by atoms with van der Waals surface area (Å²) in [4.78, 5) is 17.0. The lowest BCUT2D eigenvalue weighted by atomic mass is 9.93. The number of amides is 1. The highest BCUT2D eigenvalue weighted by atomic mass is 16.2. The van der Waals surface area contributed by atoms with Crippen LogP contribution in [-0.2, 0) is 4.79 Å². The molecule has 21 heavy (non-hydrogen) atoms. The normalized spacial score (nSPS) is 24.0. The lowest BCUT2D eigenvalue weighted by molar-refractivity contribution is -0.130. The number of nitrogens with one attached hydrogen (secondary N) is 1. The molecule has 1 unspecified atom stereocenters. The molecule has 122 valence electrons. The Morgan fingerprint density at radius 2 is 1.86 bits per heavy atom. The minimum atomic E-state index is 0.399. The van der Waals surface area contributed by atoms with Crippen LogP contribution in [0.25, 0.3) is 0 Å². The van der Waals surface area contributed by atoms with Gasteiger partial charge in [-0.3, -0.25) is 4.79 Å². The molecule has 1 N–H and O–H groups in total. The van der Waals surface area contributed by atoms with Gasteiger partial charge in [0.15, 0.2) is 0 Å². The Balaban J connectivity index is 1.66.